The van der Waals surface area contributed by atoms with Gasteiger partial charge >= 0.3 is 6.03 Å². The fourth-order valence-corrected chi connectivity index (χ4v) is 4.19. The van der Waals surface area contributed by atoms with Gasteiger partial charge in [0.25, 0.3) is 0 Å². The van der Waals surface area contributed by atoms with Crippen molar-refractivity contribution in [2.75, 3.05) is 59.0 Å². The van der Waals surface area contributed by atoms with Crippen LogP contribution in [0, 0.1) is 13.8 Å². The second kappa shape index (κ2) is 8.44. The third-order valence-corrected chi connectivity index (χ3v) is 5.59. The first kappa shape index (κ1) is 19.9. The van der Waals surface area contributed by atoms with Crippen molar-refractivity contribution >= 4 is 11.8 Å². The van der Waals surface area contributed by atoms with Gasteiger partial charge in [0.2, 0.25) is 0 Å². The maximum absolute atomic E-state index is 12.8. The molecule has 27 heavy (non-hydrogen) atoms. The van der Waals surface area contributed by atoms with Crippen molar-refractivity contribution in [1.29, 1.82) is 0 Å². The molecule has 0 saturated carbocycles. The Kier molecular flexibility index (Phi) is 6.22. The van der Waals surface area contributed by atoms with E-state index in [0.29, 0.717) is 52.0 Å². The number of ether oxygens (including phenoxy) is 1. The number of morpholine rings is 1. The van der Waals surface area contributed by atoms with E-state index in [1.807, 2.05) is 22.8 Å². The number of urea groups is 1. The second-order valence-corrected chi connectivity index (χ2v) is 7.82. The molecule has 3 rings (SSSR count). The van der Waals surface area contributed by atoms with Crippen molar-refractivity contribution in [1.82, 2.24) is 19.3 Å². The van der Waals surface area contributed by atoms with Crippen LogP contribution in [-0.2, 0) is 4.74 Å². The molecule has 2 aliphatic heterocycles. The summed E-state index contributed by atoms with van der Waals surface area (Å²) in [4.78, 5) is 31.3. The number of hydrogen-bond donors (Lipinski definition) is 0. The number of carbonyl (C=O) groups excluding carboxylic acids is 2. The van der Waals surface area contributed by atoms with Gasteiger partial charge in [-0.2, -0.15) is 0 Å². The lowest BCUT2D eigenvalue weighted by Gasteiger charge is -2.38. The van der Waals surface area contributed by atoms with E-state index in [0.717, 1.165) is 30.0 Å². The molecule has 1 aromatic rings. The average Bonchev–Trinajstić information content (AvgIpc) is 2.97. The number of Topliss-reactive ketones (excluding diaryl/α,β-unsaturated/α-hetero) is 1. The van der Waals surface area contributed by atoms with Gasteiger partial charge in [0.05, 0.1) is 19.8 Å². The highest BCUT2D eigenvalue weighted by Crippen LogP contribution is 2.21. The molecule has 2 amide bonds. The van der Waals surface area contributed by atoms with Crippen LogP contribution in [0.4, 0.5) is 4.79 Å². The molecule has 0 radical (unpaired) electrons. The Morgan fingerprint density at radius 2 is 1.59 bits per heavy atom. The number of aryl methyl sites for hydroxylation is 1. The van der Waals surface area contributed by atoms with Crippen LogP contribution in [0.5, 0.6) is 0 Å². The monoisotopic (exact) mass is 376 g/mol. The first-order chi connectivity index (χ1) is 12.9. The molecule has 7 heteroatoms. The third-order valence-electron chi connectivity index (χ3n) is 5.59. The second-order valence-electron chi connectivity index (χ2n) is 7.82. The Bertz CT molecular complexity index is 684. The number of rotatable bonds is 4. The molecule has 7 nitrogen and oxygen atoms in total. The van der Waals surface area contributed by atoms with Crippen LogP contribution in [0.2, 0.25) is 0 Å². The number of hydrogen-bond acceptors (Lipinski definition) is 4. The van der Waals surface area contributed by atoms with Crippen molar-refractivity contribution in [3.05, 3.63) is 23.0 Å². The maximum atomic E-state index is 12.8. The van der Waals surface area contributed by atoms with Gasteiger partial charge in [-0.15, -0.1) is 0 Å². The molecular formula is C20H32N4O3. The summed E-state index contributed by atoms with van der Waals surface area (Å²) in [6, 6.07) is 2.46. The summed E-state index contributed by atoms with van der Waals surface area (Å²) in [5, 5.41) is 0. The van der Waals surface area contributed by atoms with Crippen molar-refractivity contribution in [3.8, 4) is 0 Å². The van der Waals surface area contributed by atoms with E-state index in [1.54, 1.807) is 0 Å². The summed E-state index contributed by atoms with van der Waals surface area (Å²) in [5.41, 5.74) is 3.01. The molecule has 2 aliphatic rings. The molecule has 0 aliphatic carbocycles. The SMILES string of the molecule is Cc1cc(C(=O)CN2CCN(C(=O)N3CCOCC3)CC2)c(C)n1C(C)C. The number of amides is 2. The van der Waals surface area contributed by atoms with Crippen molar-refractivity contribution in [2.24, 2.45) is 0 Å². The normalized spacial score (nSPS) is 19.0. The molecule has 0 N–H and O–H groups in total. The standard InChI is InChI=1S/C20H32N4O3/c1-15(2)24-16(3)13-18(17(24)4)19(25)14-21-5-7-22(8-6-21)20(26)23-9-11-27-12-10-23/h13,15H,5-12,14H2,1-4H3. The molecule has 2 fully saturated rings. The molecular weight excluding hydrogens is 344 g/mol. The molecule has 1 aromatic heterocycles. The lowest BCUT2D eigenvalue weighted by atomic mass is 10.1. The van der Waals surface area contributed by atoms with E-state index in [9.17, 15) is 9.59 Å². The van der Waals surface area contributed by atoms with Crippen LogP contribution in [0.1, 0.15) is 41.6 Å². The summed E-state index contributed by atoms with van der Waals surface area (Å²) in [6.45, 7) is 14.2. The molecule has 0 aromatic carbocycles. The van der Waals surface area contributed by atoms with E-state index in [-0.39, 0.29) is 11.8 Å². The molecule has 0 bridgehead atoms. The lowest BCUT2D eigenvalue weighted by Crippen LogP contribution is -2.55. The first-order valence-corrected chi connectivity index (χ1v) is 9.94. The smallest absolute Gasteiger partial charge is 0.320 e. The highest BCUT2D eigenvalue weighted by Gasteiger charge is 2.27. The zero-order valence-electron chi connectivity index (χ0n) is 17.0. The Morgan fingerprint density at radius 1 is 1.00 bits per heavy atom. The van der Waals surface area contributed by atoms with Gasteiger partial charge in [-0.05, 0) is 33.8 Å². The Balaban J connectivity index is 1.54. The highest BCUT2D eigenvalue weighted by molar-refractivity contribution is 5.99. The van der Waals surface area contributed by atoms with Gasteiger partial charge in [0.15, 0.2) is 5.78 Å². The van der Waals surface area contributed by atoms with Crippen molar-refractivity contribution in [3.63, 3.8) is 0 Å². The minimum Gasteiger partial charge on any atom is -0.378 e. The van der Waals surface area contributed by atoms with Gasteiger partial charge in [0.1, 0.15) is 0 Å². The van der Waals surface area contributed by atoms with Crippen molar-refractivity contribution in [2.45, 2.75) is 33.7 Å². The number of carbonyl (C=O) groups is 2. The van der Waals surface area contributed by atoms with Crippen LogP contribution in [-0.4, -0.2) is 90.1 Å². The first-order valence-electron chi connectivity index (χ1n) is 9.94. The van der Waals surface area contributed by atoms with E-state index in [2.05, 4.69) is 30.2 Å². The van der Waals surface area contributed by atoms with Gasteiger partial charge in [-0.3, -0.25) is 9.69 Å². The quantitative estimate of drug-likeness (QED) is 0.754. The van der Waals surface area contributed by atoms with Gasteiger partial charge in [-0.1, -0.05) is 0 Å². The zero-order valence-corrected chi connectivity index (χ0v) is 17.0. The molecule has 0 spiro atoms. The van der Waals surface area contributed by atoms with E-state index in [4.69, 9.17) is 4.74 Å². The minimum absolute atomic E-state index is 0.102. The van der Waals surface area contributed by atoms with Crippen LogP contribution in [0.3, 0.4) is 0 Å². The van der Waals surface area contributed by atoms with E-state index >= 15 is 0 Å². The average molecular weight is 377 g/mol. The largest absolute Gasteiger partial charge is 0.378 e. The number of nitrogens with zero attached hydrogens (tertiary/aromatic N) is 4. The Labute approximate surface area is 161 Å². The molecule has 2 saturated heterocycles. The van der Waals surface area contributed by atoms with Gasteiger partial charge in [-0.25, -0.2) is 4.79 Å². The predicted octanol–water partition coefficient (Wildman–Crippen LogP) is 1.94. The predicted molar refractivity (Wildman–Crippen MR) is 104 cm³/mol. The van der Waals surface area contributed by atoms with Crippen LogP contribution in [0.15, 0.2) is 6.07 Å². The Morgan fingerprint density at radius 3 is 2.15 bits per heavy atom. The van der Waals surface area contributed by atoms with Crippen LogP contribution in [0.25, 0.3) is 0 Å². The maximum Gasteiger partial charge on any atom is 0.320 e. The fourth-order valence-electron chi connectivity index (χ4n) is 4.19. The highest BCUT2D eigenvalue weighted by atomic mass is 16.5. The Hall–Kier alpha value is -1.86. The molecule has 0 unspecified atom stereocenters. The van der Waals surface area contributed by atoms with Crippen LogP contribution >= 0.6 is 0 Å². The summed E-state index contributed by atoms with van der Waals surface area (Å²) < 4.78 is 7.53. The van der Waals surface area contributed by atoms with E-state index < -0.39 is 0 Å². The number of ketones is 1. The summed E-state index contributed by atoms with van der Waals surface area (Å²) >= 11 is 0. The minimum atomic E-state index is 0.102. The van der Waals surface area contributed by atoms with Gasteiger partial charge in [0, 0.05) is 62.3 Å². The van der Waals surface area contributed by atoms with Crippen molar-refractivity contribution < 1.29 is 14.3 Å². The topological polar surface area (TPSA) is 58.0 Å². The fraction of sp³-hybridized carbons (Fsp3) is 0.700. The number of piperazine rings is 1. The molecule has 150 valence electrons. The zero-order chi connectivity index (χ0) is 19.6. The molecule has 3 heterocycles. The lowest BCUT2D eigenvalue weighted by molar-refractivity contribution is 0.0376. The summed E-state index contributed by atoms with van der Waals surface area (Å²) in [7, 11) is 0. The van der Waals surface area contributed by atoms with Crippen LogP contribution < -0.4 is 0 Å². The molecule has 0 atom stereocenters. The van der Waals surface area contributed by atoms with Gasteiger partial charge < -0.3 is 19.1 Å². The van der Waals surface area contributed by atoms with E-state index in [1.165, 1.54) is 0 Å². The summed E-state index contributed by atoms with van der Waals surface area (Å²) in [5.74, 6) is 0.169. The number of aromatic nitrogens is 1. The third kappa shape index (κ3) is 4.35. The summed E-state index contributed by atoms with van der Waals surface area (Å²) in [6.07, 6.45) is 0.